The lowest BCUT2D eigenvalue weighted by Gasteiger charge is -2.32. The van der Waals surface area contributed by atoms with Gasteiger partial charge in [-0.05, 0) is 68.0 Å². The first-order chi connectivity index (χ1) is 20.4. The van der Waals surface area contributed by atoms with Crippen LogP contribution in [0.5, 0.6) is 0 Å². The molecule has 3 heterocycles. The number of aromatic nitrogens is 2. The number of rotatable bonds is 8. The predicted octanol–water partition coefficient (Wildman–Crippen LogP) is 4.13. The van der Waals surface area contributed by atoms with Crippen molar-refractivity contribution in [3.8, 4) is 23.1 Å². The monoisotopic (exact) mass is 626 g/mol. The first-order valence-corrected chi connectivity index (χ1v) is 16.1. The topological polar surface area (TPSA) is 137 Å². The highest BCUT2D eigenvalue weighted by Crippen LogP contribution is 2.40. The zero-order valence-electron chi connectivity index (χ0n) is 23.1. The van der Waals surface area contributed by atoms with Crippen molar-refractivity contribution in [2.75, 3.05) is 13.2 Å². The van der Waals surface area contributed by atoms with Gasteiger partial charge in [-0.3, -0.25) is 0 Å². The minimum Gasteiger partial charge on any atom is -0.477 e. The van der Waals surface area contributed by atoms with E-state index in [0.717, 1.165) is 36.2 Å². The van der Waals surface area contributed by atoms with Crippen LogP contribution in [0.3, 0.4) is 0 Å². The second kappa shape index (κ2) is 11.1. The van der Waals surface area contributed by atoms with Crippen molar-refractivity contribution in [3.05, 3.63) is 81.5 Å². The molecule has 13 heteroatoms. The zero-order chi connectivity index (χ0) is 30.5. The number of hydrogen-bond acceptors (Lipinski definition) is 7. The Bertz CT molecular complexity index is 1840. The van der Waals surface area contributed by atoms with E-state index in [1.807, 2.05) is 6.92 Å². The molecule has 1 atom stereocenters. The summed E-state index contributed by atoms with van der Waals surface area (Å²) in [5.74, 6) is 3.92. The number of carboxylic acids is 1. The van der Waals surface area contributed by atoms with Crippen LogP contribution < -0.4 is 10.5 Å². The van der Waals surface area contributed by atoms with E-state index in [0.29, 0.717) is 42.4 Å². The lowest BCUT2D eigenvalue weighted by atomic mass is 9.89. The molecule has 0 amide bonds. The molecule has 4 N–H and O–H groups in total. The van der Waals surface area contributed by atoms with Gasteiger partial charge in [0.25, 0.3) is 0 Å². The molecule has 0 spiro atoms. The molecule has 3 aliphatic rings. The highest BCUT2D eigenvalue weighted by molar-refractivity contribution is 8.02. The van der Waals surface area contributed by atoms with Gasteiger partial charge in [-0.25, -0.2) is 31.8 Å². The molecule has 0 bridgehead atoms. The minimum absolute atomic E-state index is 0.0411. The van der Waals surface area contributed by atoms with Crippen molar-refractivity contribution >= 4 is 27.8 Å². The van der Waals surface area contributed by atoms with Crippen LogP contribution in [-0.2, 0) is 32.4 Å². The molecule has 43 heavy (non-hydrogen) atoms. The van der Waals surface area contributed by atoms with Crippen molar-refractivity contribution in [2.45, 2.75) is 43.0 Å². The number of carbonyl (C=O) groups is 1. The summed E-state index contributed by atoms with van der Waals surface area (Å²) in [5.41, 5.74) is 2.49. The van der Waals surface area contributed by atoms with E-state index in [4.69, 9.17) is 15.0 Å². The lowest BCUT2D eigenvalue weighted by molar-refractivity contribution is -0.133. The van der Waals surface area contributed by atoms with Crippen molar-refractivity contribution in [1.29, 1.82) is 0 Å². The number of nitrogens with two attached hydrogens (primary N) is 1. The van der Waals surface area contributed by atoms with Gasteiger partial charge < -0.3 is 15.2 Å². The number of sulfonamides is 1. The van der Waals surface area contributed by atoms with Gasteiger partial charge >= 0.3 is 5.97 Å². The highest BCUT2D eigenvalue weighted by atomic mass is 32.2. The van der Waals surface area contributed by atoms with Crippen LogP contribution >= 0.6 is 11.8 Å². The highest BCUT2D eigenvalue weighted by Gasteiger charge is 2.33. The molecule has 1 unspecified atom stereocenters. The van der Waals surface area contributed by atoms with Crippen LogP contribution in [0.25, 0.3) is 11.3 Å². The normalized spacial score (nSPS) is 19.2. The maximum absolute atomic E-state index is 14.9. The third-order valence-corrected chi connectivity index (χ3v) is 9.50. The maximum Gasteiger partial charge on any atom is 0.352 e. The Kier molecular flexibility index (Phi) is 7.58. The molecule has 1 saturated heterocycles. The average molecular weight is 627 g/mol. The van der Waals surface area contributed by atoms with Crippen molar-refractivity contribution in [3.63, 3.8) is 0 Å². The predicted molar refractivity (Wildman–Crippen MR) is 156 cm³/mol. The Labute approximate surface area is 251 Å². The Morgan fingerprint density at radius 1 is 1.23 bits per heavy atom. The van der Waals surface area contributed by atoms with Crippen molar-refractivity contribution in [1.82, 2.24) is 15.1 Å². The van der Waals surface area contributed by atoms with E-state index in [1.54, 1.807) is 16.8 Å². The smallest absolute Gasteiger partial charge is 0.352 e. The van der Waals surface area contributed by atoms with Crippen LogP contribution in [-0.4, -0.2) is 42.5 Å². The molecule has 1 aromatic heterocycles. The molecule has 6 rings (SSSR count). The SMILES string of the molecule is CC1(C#Cc2cc(-c3nn(C4NC(C(=O)O)=CS4)c(CC4CC4)c3Cc3ccc(S(N)(=O)=O)c(F)c3)ccc2F)COC1. The number of nitrogens with zero attached hydrogens (tertiary/aromatic N) is 2. The summed E-state index contributed by atoms with van der Waals surface area (Å²) in [4.78, 5) is 11.0. The quantitative estimate of drug-likeness (QED) is 0.318. The standard InChI is InChI=1S/C30H28F2N4O5S2/c1-30(15-41-16-30)9-8-19-13-20(5-6-22(19)31)27-21(10-18-4-7-26(23(32)11-18)43(33,39)40)25(12-17-2-3-17)36(35-27)29-34-24(14-42-29)28(37)38/h4-7,11,13-14,17,29,34H,2-3,10,12,15-16H2,1H3,(H,37,38)(H2,33,39,40). The number of ether oxygens (including phenoxy) is 1. The molecule has 2 aromatic carbocycles. The van der Waals surface area contributed by atoms with Gasteiger partial charge in [0.1, 0.15) is 22.2 Å². The number of hydrogen-bond donors (Lipinski definition) is 3. The van der Waals surface area contributed by atoms with Gasteiger partial charge in [0.2, 0.25) is 10.0 Å². The molecule has 0 radical (unpaired) electrons. The molecule has 224 valence electrons. The molecule has 9 nitrogen and oxygen atoms in total. The first-order valence-electron chi connectivity index (χ1n) is 13.6. The van der Waals surface area contributed by atoms with Crippen LogP contribution in [0.15, 0.2) is 52.4 Å². The fraction of sp³-hybridized carbons (Fsp3) is 0.333. The lowest BCUT2D eigenvalue weighted by Crippen LogP contribution is -2.38. The summed E-state index contributed by atoms with van der Waals surface area (Å²) >= 11 is 1.26. The van der Waals surface area contributed by atoms with Gasteiger partial charge in [-0.15, -0.1) is 0 Å². The Hall–Kier alpha value is -3.70. The number of primary sulfonamides is 1. The molecule has 2 fully saturated rings. The van der Waals surface area contributed by atoms with E-state index < -0.39 is 38.0 Å². The van der Waals surface area contributed by atoms with Crippen LogP contribution in [0, 0.1) is 34.8 Å². The molecular weight excluding hydrogens is 598 g/mol. The first kappa shape index (κ1) is 29.4. The third kappa shape index (κ3) is 6.19. The van der Waals surface area contributed by atoms with Gasteiger partial charge in [-0.2, -0.15) is 5.10 Å². The zero-order valence-corrected chi connectivity index (χ0v) is 24.7. The number of thioether (sulfide) groups is 1. The Morgan fingerprint density at radius 2 is 2.00 bits per heavy atom. The fourth-order valence-corrected chi connectivity index (χ4v) is 6.55. The van der Waals surface area contributed by atoms with Gasteiger partial charge in [-0.1, -0.05) is 29.7 Å². The largest absolute Gasteiger partial charge is 0.477 e. The van der Waals surface area contributed by atoms with Crippen LogP contribution in [0.1, 0.15) is 47.6 Å². The number of nitrogens with one attached hydrogen (secondary N) is 1. The minimum atomic E-state index is -4.24. The van der Waals surface area contributed by atoms with Crippen LogP contribution in [0.4, 0.5) is 8.78 Å². The Balaban J connectivity index is 1.47. The van der Waals surface area contributed by atoms with E-state index in [2.05, 4.69) is 17.2 Å². The van der Waals surface area contributed by atoms with Crippen molar-refractivity contribution in [2.24, 2.45) is 16.5 Å². The second-order valence-corrected chi connectivity index (χ2v) is 13.8. The third-order valence-electron chi connectivity index (χ3n) is 7.61. The number of halogens is 2. The summed E-state index contributed by atoms with van der Waals surface area (Å²) in [7, 11) is -4.24. The van der Waals surface area contributed by atoms with Crippen LogP contribution in [0.2, 0.25) is 0 Å². The maximum atomic E-state index is 14.9. The van der Waals surface area contributed by atoms with E-state index in [1.165, 1.54) is 29.3 Å². The summed E-state index contributed by atoms with van der Waals surface area (Å²) in [6.07, 6.45) is 2.89. The number of aliphatic carboxylic acids is 1. The van der Waals surface area contributed by atoms with Gasteiger partial charge in [0.15, 0.2) is 5.50 Å². The molecule has 1 saturated carbocycles. The van der Waals surface area contributed by atoms with E-state index >= 15 is 0 Å². The number of benzene rings is 2. The molecule has 3 aromatic rings. The average Bonchev–Trinajstić information content (AvgIpc) is 3.49. The molecular formula is C30H28F2N4O5S2. The van der Waals surface area contributed by atoms with Gasteiger partial charge in [0, 0.05) is 28.6 Å². The van der Waals surface area contributed by atoms with E-state index in [9.17, 15) is 27.1 Å². The van der Waals surface area contributed by atoms with E-state index in [-0.39, 0.29) is 23.1 Å². The summed E-state index contributed by atoms with van der Waals surface area (Å²) in [6.45, 7) is 2.89. The fourth-order valence-electron chi connectivity index (χ4n) is 5.05. The van der Waals surface area contributed by atoms with Crippen molar-refractivity contribution < 1.29 is 31.8 Å². The summed E-state index contributed by atoms with van der Waals surface area (Å²) in [5, 5.41) is 24.1. The summed E-state index contributed by atoms with van der Waals surface area (Å²) < 4.78 is 60.3. The van der Waals surface area contributed by atoms with Gasteiger partial charge in [0.05, 0.1) is 29.9 Å². The second-order valence-electron chi connectivity index (χ2n) is 11.3. The molecule has 2 aliphatic heterocycles. The summed E-state index contributed by atoms with van der Waals surface area (Å²) in [6, 6.07) is 8.33. The molecule has 1 aliphatic carbocycles. The number of carboxylic acid groups (broad SMARTS) is 1. The Morgan fingerprint density at radius 3 is 2.60 bits per heavy atom.